The van der Waals surface area contributed by atoms with Crippen molar-refractivity contribution in [2.24, 2.45) is 0 Å². The smallest absolute Gasteiger partial charge is 0.264 e. The van der Waals surface area contributed by atoms with E-state index in [1.54, 1.807) is 0 Å². The van der Waals surface area contributed by atoms with Crippen LogP contribution in [0.1, 0.15) is 161 Å². The molecule has 0 bridgehead atoms. The van der Waals surface area contributed by atoms with Crippen LogP contribution in [0, 0.1) is 6.92 Å². The summed E-state index contributed by atoms with van der Waals surface area (Å²) >= 11 is 2.06. The van der Waals surface area contributed by atoms with Crippen LogP contribution in [-0.4, -0.2) is 6.71 Å². The number of para-hydroxylation sites is 2. The molecule has 0 spiro atoms. The molecule has 9 aromatic rings. The Morgan fingerprint density at radius 3 is 1.48 bits per heavy atom. The van der Waals surface area contributed by atoms with E-state index in [4.69, 9.17) is 0 Å². The van der Waals surface area contributed by atoms with Crippen LogP contribution in [-0.2, 0) is 32.5 Å². The molecule has 0 N–H and O–H groups in total. The van der Waals surface area contributed by atoms with Gasteiger partial charge in [0.2, 0.25) is 0 Å². The molecular formula is C75H78BN3S. The lowest BCUT2D eigenvalue weighted by molar-refractivity contribution is 0.332. The van der Waals surface area contributed by atoms with Gasteiger partial charge in [-0.1, -0.05) is 162 Å². The van der Waals surface area contributed by atoms with E-state index >= 15 is 0 Å². The molecule has 0 unspecified atom stereocenters. The van der Waals surface area contributed by atoms with Gasteiger partial charge in [0.25, 0.3) is 6.71 Å². The normalized spacial score (nSPS) is 19.0. The van der Waals surface area contributed by atoms with Crippen molar-refractivity contribution in [3.63, 3.8) is 0 Å². The third-order valence-electron chi connectivity index (χ3n) is 20.4. The zero-order chi connectivity index (χ0) is 55.6. The van der Waals surface area contributed by atoms with Crippen molar-refractivity contribution >= 4 is 95.0 Å². The molecule has 5 aliphatic rings. The summed E-state index contributed by atoms with van der Waals surface area (Å²) in [7, 11) is 0. The van der Waals surface area contributed by atoms with E-state index in [1.165, 1.54) is 136 Å². The lowest BCUT2D eigenvalue weighted by atomic mass is 9.36. The number of fused-ring (bicyclic) bond motifs is 9. The Bertz CT molecular complexity index is 3950. The summed E-state index contributed by atoms with van der Waals surface area (Å²) in [6.45, 7) is 32.1. The molecule has 1 aromatic heterocycles. The van der Waals surface area contributed by atoms with Crippen molar-refractivity contribution in [3.8, 4) is 11.1 Å². The van der Waals surface area contributed by atoms with Gasteiger partial charge in [-0.15, -0.1) is 11.3 Å². The fraction of sp³-hybridized carbons (Fsp3) is 0.333. The van der Waals surface area contributed by atoms with Gasteiger partial charge in [-0.25, -0.2) is 0 Å². The number of benzene rings is 8. The second-order valence-corrected chi connectivity index (χ2v) is 29.7. The van der Waals surface area contributed by atoms with E-state index in [-0.39, 0.29) is 39.2 Å². The highest BCUT2D eigenvalue weighted by Crippen LogP contribution is 2.57. The van der Waals surface area contributed by atoms with Gasteiger partial charge in [0.15, 0.2) is 0 Å². The van der Waals surface area contributed by atoms with Gasteiger partial charge in [-0.05, 0) is 218 Å². The Hall–Kier alpha value is -6.82. The highest BCUT2D eigenvalue weighted by atomic mass is 32.1. The van der Waals surface area contributed by atoms with Crippen LogP contribution in [0.3, 0.4) is 0 Å². The van der Waals surface area contributed by atoms with Gasteiger partial charge in [-0.3, -0.25) is 0 Å². The number of rotatable bonds is 6. The molecule has 0 atom stereocenters. The van der Waals surface area contributed by atoms with E-state index in [9.17, 15) is 0 Å². The zero-order valence-electron chi connectivity index (χ0n) is 49.7. The topological polar surface area (TPSA) is 9.72 Å². The first-order valence-corrected chi connectivity index (χ1v) is 30.6. The maximum Gasteiger partial charge on any atom is 0.264 e. The zero-order valence-corrected chi connectivity index (χ0v) is 50.5. The van der Waals surface area contributed by atoms with Crippen molar-refractivity contribution in [1.82, 2.24) is 0 Å². The molecule has 5 heteroatoms. The summed E-state index contributed by atoms with van der Waals surface area (Å²) < 4.78 is 2.82. The maximum atomic E-state index is 2.75. The minimum atomic E-state index is -0.0225. The number of anilines is 9. The summed E-state index contributed by atoms with van der Waals surface area (Å²) in [5.41, 5.74) is 26.8. The maximum absolute atomic E-state index is 2.75. The average Bonchev–Trinajstić information content (AvgIpc) is 3.98. The molecule has 402 valence electrons. The standard InChI is InChI=1S/C75H78BN3S/c1-47-39-64-67-65(40-47)79(62-45-59-57(72(6,7)35-37-74(59,10)11)43-53(62)48-23-17-14-18-24-48)63-42-52(77(49-25-19-15-20-26-49)50-27-21-16-22-28-50)30-32-61(63)76(67)69-68(54-44-58-60(46-66(54)80-69)75(12,13)38-36-73(58,8)9)78(64)51-29-31-55-56(41-51)71(4,5)34-33-70(55,2)3/h14-32,39-46H,33-38H2,1-13H3. The van der Waals surface area contributed by atoms with Crippen molar-refractivity contribution in [2.45, 2.75) is 161 Å². The quantitative estimate of drug-likeness (QED) is 0.154. The van der Waals surface area contributed by atoms with Gasteiger partial charge in [0.1, 0.15) is 0 Å². The third-order valence-corrected chi connectivity index (χ3v) is 21.6. The molecule has 0 saturated carbocycles. The average molecular weight is 1060 g/mol. The Morgan fingerprint density at radius 2 is 0.900 bits per heavy atom. The summed E-state index contributed by atoms with van der Waals surface area (Å²) in [4.78, 5) is 7.93. The molecule has 3 aliphatic carbocycles. The minimum Gasteiger partial charge on any atom is -0.311 e. The molecule has 0 amide bonds. The monoisotopic (exact) mass is 1060 g/mol. The first-order chi connectivity index (χ1) is 38.0. The van der Waals surface area contributed by atoms with Crippen LogP contribution >= 0.6 is 11.3 Å². The predicted molar refractivity (Wildman–Crippen MR) is 347 cm³/mol. The lowest BCUT2D eigenvalue weighted by Gasteiger charge is -2.46. The molecule has 80 heavy (non-hydrogen) atoms. The number of nitrogens with zero attached hydrogens (tertiary/aromatic N) is 3. The molecule has 8 aromatic carbocycles. The van der Waals surface area contributed by atoms with E-state index in [0.29, 0.717) is 0 Å². The predicted octanol–water partition coefficient (Wildman–Crippen LogP) is 19.5. The fourth-order valence-corrected chi connectivity index (χ4v) is 16.6. The van der Waals surface area contributed by atoms with Crippen LogP contribution < -0.4 is 30.4 Å². The third kappa shape index (κ3) is 7.79. The molecule has 0 fully saturated rings. The Balaban J connectivity index is 1.12. The summed E-state index contributed by atoms with van der Waals surface area (Å²) in [6.07, 6.45) is 7.01. The van der Waals surface area contributed by atoms with Crippen molar-refractivity contribution in [2.75, 3.05) is 14.7 Å². The van der Waals surface area contributed by atoms with Gasteiger partial charge >= 0.3 is 0 Å². The molecule has 3 nitrogen and oxygen atoms in total. The van der Waals surface area contributed by atoms with Crippen LogP contribution in [0.4, 0.5) is 51.2 Å². The molecular weight excluding hydrogens is 986 g/mol. The second-order valence-electron chi connectivity index (χ2n) is 28.6. The van der Waals surface area contributed by atoms with Crippen LogP contribution in [0.15, 0.2) is 164 Å². The number of hydrogen-bond acceptors (Lipinski definition) is 4. The van der Waals surface area contributed by atoms with Crippen LogP contribution in [0.5, 0.6) is 0 Å². The number of thiophene rings is 1. The van der Waals surface area contributed by atoms with E-state index in [2.05, 4.69) is 280 Å². The first-order valence-electron chi connectivity index (χ1n) is 29.8. The highest BCUT2D eigenvalue weighted by molar-refractivity contribution is 7.33. The van der Waals surface area contributed by atoms with Crippen molar-refractivity contribution in [3.05, 3.63) is 203 Å². The van der Waals surface area contributed by atoms with Gasteiger partial charge < -0.3 is 14.7 Å². The van der Waals surface area contributed by atoms with Gasteiger partial charge in [0.05, 0.1) is 11.4 Å². The first kappa shape index (κ1) is 51.3. The van der Waals surface area contributed by atoms with E-state index < -0.39 is 0 Å². The lowest BCUT2D eigenvalue weighted by Crippen LogP contribution is -2.60. The minimum absolute atomic E-state index is 0.0128. The van der Waals surface area contributed by atoms with Gasteiger partial charge in [0, 0.05) is 60.2 Å². The van der Waals surface area contributed by atoms with Crippen molar-refractivity contribution in [1.29, 1.82) is 0 Å². The van der Waals surface area contributed by atoms with Crippen LogP contribution in [0.2, 0.25) is 0 Å². The van der Waals surface area contributed by atoms with E-state index in [1.807, 2.05) is 0 Å². The Morgan fingerprint density at radius 1 is 0.412 bits per heavy atom. The summed E-state index contributed by atoms with van der Waals surface area (Å²) in [5.74, 6) is 0. The molecule has 3 heterocycles. The number of aryl methyl sites for hydroxylation is 1. The van der Waals surface area contributed by atoms with Gasteiger partial charge in [-0.2, -0.15) is 0 Å². The van der Waals surface area contributed by atoms with Crippen LogP contribution in [0.25, 0.3) is 21.2 Å². The summed E-state index contributed by atoms with van der Waals surface area (Å²) in [5, 5.41) is 1.38. The number of hydrogen-bond donors (Lipinski definition) is 0. The molecule has 14 rings (SSSR count). The largest absolute Gasteiger partial charge is 0.311 e. The van der Waals surface area contributed by atoms with E-state index in [0.717, 1.165) is 29.9 Å². The molecule has 2 aliphatic heterocycles. The second kappa shape index (κ2) is 17.6. The SMILES string of the molecule is Cc1cc2c3c(c1)N(c1ccc4c(c1)C(C)(C)CCC4(C)C)c1c(sc4cc5c(cc14)C(C)(C)CCC5(C)C)B3c1ccc(N(c3ccccc3)c3ccccc3)cc1N2c1cc2c(cc1-c1ccccc1)C(C)(C)CCC2(C)C. The fourth-order valence-electron chi connectivity index (χ4n) is 15.3. The molecule has 0 radical (unpaired) electrons. The Labute approximate surface area is 481 Å². The van der Waals surface area contributed by atoms with Crippen molar-refractivity contribution < 1.29 is 0 Å². The Kier molecular flexibility index (Phi) is 11.3. The summed E-state index contributed by atoms with van der Waals surface area (Å²) in [6, 6.07) is 63.9. The highest BCUT2D eigenvalue weighted by Gasteiger charge is 2.49. The molecule has 0 saturated heterocycles.